The van der Waals surface area contributed by atoms with Gasteiger partial charge in [-0.15, -0.1) is 0 Å². The highest BCUT2D eigenvalue weighted by atomic mass is 32.2. The molecule has 2 heterocycles. The van der Waals surface area contributed by atoms with Gasteiger partial charge in [-0.1, -0.05) is 24.3 Å². The van der Waals surface area contributed by atoms with Gasteiger partial charge in [-0.2, -0.15) is 11.8 Å². The Balaban J connectivity index is 1.45. The molecule has 0 radical (unpaired) electrons. The fourth-order valence-electron chi connectivity index (χ4n) is 3.14. The molecule has 0 saturated heterocycles. The predicted octanol–water partition coefficient (Wildman–Crippen LogP) is 3.17. The lowest BCUT2D eigenvalue weighted by Gasteiger charge is -2.11. The monoisotopic (exact) mass is 439 g/mol. The first-order valence-corrected chi connectivity index (χ1v) is 11.3. The number of benzene rings is 1. The van der Waals surface area contributed by atoms with Crippen LogP contribution in [-0.4, -0.2) is 53.4 Å². The zero-order chi connectivity index (χ0) is 22.1. The van der Waals surface area contributed by atoms with Gasteiger partial charge in [0.1, 0.15) is 0 Å². The number of hydrogen-bond acceptors (Lipinski definition) is 7. The van der Waals surface area contributed by atoms with Crippen LogP contribution in [0.3, 0.4) is 0 Å². The normalized spacial score (nSPS) is 11.0. The maximum absolute atomic E-state index is 12.4. The van der Waals surface area contributed by atoms with Crippen LogP contribution in [0, 0.1) is 0 Å². The molecule has 3 aromatic rings. The fourth-order valence-corrected chi connectivity index (χ4v) is 3.95. The summed E-state index contributed by atoms with van der Waals surface area (Å²) in [7, 11) is 5.73. The summed E-state index contributed by atoms with van der Waals surface area (Å²) in [6.45, 7) is 1.68. The lowest BCUT2D eigenvalue weighted by molar-refractivity contribution is 0.397. The van der Waals surface area contributed by atoms with E-state index >= 15 is 0 Å². The molecule has 0 spiro atoms. The first-order chi connectivity index (χ1) is 15.0. The number of anilines is 1. The highest BCUT2D eigenvalue weighted by molar-refractivity contribution is 7.98. The molecule has 0 amide bonds. The molecule has 8 heteroatoms. The van der Waals surface area contributed by atoms with Crippen LogP contribution >= 0.6 is 11.8 Å². The van der Waals surface area contributed by atoms with Crippen molar-refractivity contribution in [1.29, 1.82) is 0 Å². The molecular weight excluding hydrogens is 410 g/mol. The number of pyridine rings is 1. The number of thioether (sulfide) groups is 1. The van der Waals surface area contributed by atoms with Gasteiger partial charge < -0.3 is 15.0 Å². The summed E-state index contributed by atoms with van der Waals surface area (Å²) in [5, 5.41) is 3.19. The van der Waals surface area contributed by atoms with Gasteiger partial charge in [0.05, 0.1) is 7.11 Å². The van der Waals surface area contributed by atoms with Gasteiger partial charge >= 0.3 is 0 Å². The molecule has 0 aliphatic carbocycles. The van der Waals surface area contributed by atoms with Crippen LogP contribution < -0.4 is 15.6 Å². The van der Waals surface area contributed by atoms with E-state index in [2.05, 4.69) is 63.5 Å². The minimum absolute atomic E-state index is 0.140. The Kier molecular flexibility index (Phi) is 8.49. The van der Waals surface area contributed by atoms with Crippen LogP contribution in [0.25, 0.3) is 0 Å². The van der Waals surface area contributed by atoms with Crippen molar-refractivity contribution in [1.82, 2.24) is 19.9 Å². The Morgan fingerprint density at radius 3 is 2.74 bits per heavy atom. The van der Waals surface area contributed by atoms with Crippen molar-refractivity contribution in [2.75, 3.05) is 38.8 Å². The standard InChI is InChI=1S/C23H29N5O2S/c1-28(2)15-18-5-4-6-19(11-18)16-31-10-9-25-23-26-14-20(22(29)27-23)12-17-7-8-24-21(13-17)30-3/h4-8,11,13-14H,9-10,12,15-16H2,1-3H3,(H2,25,26,27,29). The molecule has 3 rings (SSSR count). The Morgan fingerprint density at radius 1 is 1.13 bits per heavy atom. The lowest BCUT2D eigenvalue weighted by Crippen LogP contribution is -2.18. The fraction of sp³-hybridized carbons (Fsp3) is 0.348. The van der Waals surface area contributed by atoms with Crippen molar-refractivity contribution < 1.29 is 4.74 Å². The molecule has 0 atom stereocenters. The summed E-state index contributed by atoms with van der Waals surface area (Å²) in [6, 6.07) is 12.4. The summed E-state index contributed by atoms with van der Waals surface area (Å²) >= 11 is 1.85. The average Bonchev–Trinajstić information content (AvgIpc) is 2.75. The molecular formula is C23H29N5O2S. The second-order valence-corrected chi connectivity index (χ2v) is 8.61. The van der Waals surface area contributed by atoms with E-state index in [1.54, 1.807) is 19.5 Å². The number of rotatable bonds is 11. The van der Waals surface area contributed by atoms with Crippen molar-refractivity contribution in [3.8, 4) is 5.88 Å². The minimum atomic E-state index is -0.140. The van der Waals surface area contributed by atoms with Gasteiger partial charge in [0.25, 0.3) is 5.56 Å². The van der Waals surface area contributed by atoms with Crippen LogP contribution in [0.1, 0.15) is 22.3 Å². The molecule has 164 valence electrons. The molecule has 31 heavy (non-hydrogen) atoms. The Hall–Kier alpha value is -2.84. The molecule has 0 fully saturated rings. The Morgan fingerprint density at radius 2 is 1.97 bits per heavy atom. The smallest absolute Gasteiger partial charge is 0.255 e. The second kappa shape index (κ2) is 11.5. The van der Waals surface area contributed by atoms with E-state index < -0.39 is 0 Å². The van der Waals surface area contributed by atoms with E-state index in [1.165, 1.54) is 11.1 Å². The topological polar surface area (TPSA) is 83.1 Å². The van der Waals surface area contributed by atoms with Crippen LogP contribution in [0.5, 0.6) is 5.88 Å². The van der Waals surface area contributed by atoms with Gasteiger partial charge in [0, 0.05) is 55.0 Å². The zero-order valence-electron chi connectivity index (χ0n) is 18.2. The third-order valence-electron chi connectivity index (χ3n) is 4.57. The number of nitrogens with one attached hydrogen (secondary N) is 2. The molecule has 0 bridgehead atoms. The lowest BCUT2D eigenvalue weighted by atomic mass is 10.1. The van der Waals surface area contributed by atoms with Crippen molar-refractivity contribution in [3.63, 3.8) is 0 Å². The third-order valence-corrected chi connectivity index (χ3v) is 5.60. The van der Waals surface area contributed by atoms with Crippen LogP contribution in [0.4, 0.5) is 5.95 Å². The number of aromatic nitrogens is 3. The molecule has 0 aliphatic heterocycles. The molecule has 0 unspecified atom stereocenters. The van der Waals surface area contributed by atoms with E-state index in [0.717, 1.165) is 30.2 Å². The number of hydrogen-bond donors (Lipinski definition) is 2. The molecule has 0 saturated carbocycles. The molecule has 1 aromatic carbocycles. The minimum Gasteiger partial charge on any atom is -0.481 e. The molecule has 2 N–H and O–H groups in total. The maximum atomic E-state index is 12.4. The van der Waals surface area contributed by atoms with Crippen LogP contribution in [0.2, 0.25) is 0 Å². The maximum Gasteiger partial charge on any atom is 0.255 e. The van der Waals surface area contributed by atoms with Gasteiger partial charge in [-0.25, -0.2) is 9.97 Å². The molecule has 2 aromatic heterocycles. The predicted molar refractivity (Wildman–Crippen MR) is 127 cm³/mol. The first kappa shape index (κ1) is 22.8. The van der Waals surface area contributed by atoms with Crippen LogP contribution in [-0.2, 0) is 18.7 Å². The van der Waals surface area contributed by atoms with E-state index in [9.17, 15) is 4.79 Å². The van der Waals surface area contributed by atoms with Gasteiger partial charge in [-0.3, -0.25) is 9.78 Å². The van der Waals surface area contributed by atoms with Gasteiger partial charge in [0.2, 0.25) is 11.8 Å². The van der Waals surface area contributed by atoms with Gasteiger partial charge in [0.15, 0.2) is 0 Å². The summed E-state index contributed by atoms with van der Waals surface area (Å²) in [5.74, 6) is 2.90. The van der Waals surface area contributed by atoms with Gasteiger partial charge in [-0.05, 0) is 36.9 Å². The van der Waals surface area contributed by atoms with Crippen LogP contribution in [0.15, 0.2) is 53.6 Å². The second-order valence-electron chi connectivity index (χ2n) is 7.51. The van der Waals surface area contributed by atoms with Crippen molar-refractivity contribution in [3.05, 3.63) is 81.4 Å². The SMILES string of the molecule is COc1cc(Cc2cnc(NCCSCc3cccc(CN(C)C)c3)[nH]c2=O)ccn1. The van der Waals surface area contributed by atoms with E-state index in [0.29, 0.717) is 23.8 Å². The quantitative estimate of drug-likeness (QED) is 0.444. The summed E-state index contributed by atoms with van der Waals surface area (Å²) in [6.07, 6.45) is 3.77. The van der Waals surface area contributed by atoms with Crippen molar-refractivity contribution in [2.24, 2.45) is 0 Å². The first-order valence-electron chi connectivity index (χ1n) is 10.1. The molecule has 0 aliphatic rings. The van der Waals surface area contributed by atoms with E-state index in [-0.39, 0.29) is 5.56 Å². The Bertz CT molecular complexity index is 1040. The zero-order valence-corrected chi connectivity index (χ0v) is 19.0. The number of nitrogens with zero attached hydrogens (tertiary/aromatic N) is 3. The largest absolute Gasteiger partial charge is 0.481 e. The summed E-state index contributed by atoms with van der Waals surface area (Å²) in [4.78, 5) is 25.8. The van der Waals surface area contributed by atoms with Crippen molar-refractivity contribution in [2.45, 2.75) is 18.7 Å². The summed E-state index contributed by atoms with van der Waals surface area (Å²) < 4.78 is 5.13. The highest BCUT2D eigenvalue weighted by Gasteiger charge is 2.06. The number of ether oxygens (including phenoxy) is 1. The Labute approximate surface area is 187 Å². The van der Waals surface area contributed by atoms with Crippen molar-refractivity contribution >= 4 is 17.7 Å². The average molecular weight is 440 g/mol. The number of aromatic amines is 1. The summed E-state index contributed by atoms with van der Waals surface area (Å²) in [5.41, 5.74) is 4.07. The molecule has 7 nitrogen and oxygen atoms in total. The number of methoxy groups -OCH3 is 1. The van der Waals surface area contributed by atoms with E-state index in [1.807, 2.05) is 23.9 Å². The third kappa shape index (κ3) is 7.41. The highest BCUT2D eigenvalue weighted by Crippen LogP contribution is 2.15. The number of H-pyrrole nitrogens is 1. The van der Waals surface area contributed by atoms with E-state index in [4.69, 9.17) is 4.74 Å².